The zero-order valence-corrected chi connectivity index (χ0v) is 20.8. The fourth-order valence-corrected chi connectivity index (χ4v) is 6.34. The van der Waals surface area contributed by atoms with E-state index >= 15 is 0 Å². The first-order valence-corrected chi connectivity index (χ1v) is 14.0. The van der Waals surface area contributed by atoms with Gasteiger partial charge in [-0.3, -0.25) is 9.59 Å². The van der Waals surface area contributed by atoms with Crippen LogP contribution in [0.2, 0.25) is 0 Å². The first-order chi connectivity index (χ1) is 17.4. The summed E-state index contributed by atoms with van der Waals surface area (Å²) < 4.78 is 29.0. The van der Waals surface area contributed by atoms with E-state index in [1.807, 2.05) is 30.3 Å². The van der Waals surface area contributed by atoms with Crippen molar-refractivity contribution < 1.29 is 18.0 Å². The number of benzene rings is 2. The average Bonchev–Trinajstić information content (AvgIpc) is 3.22. The van der Waals surface area contributed by atoms with Gasteiger partial charge in [0.2, 0.25) is 21.8 Å². The van der Waals surface area contributed by atoms with Crippen LogP contribution >= 0.6 is 0 Å². The van der Waals surface area contributed by atoms with Gasteiger partial charge in [-0.05, 0) is 63.1 Å². The molecule has 2 aliphatic rings. The number of amides is 2. The molecule has 1 atom stereocenters. The maximum absolute atomic E-state index is 13.1. The van der Waals surface area contributed by atoms with E-state index in [-0.39, 0.29) is 28.7 Å². The second kappa shape index (κ2) is 10.4. The summed E-state index contributed by atoms with van der Waals surface area (Å²) in [6, 6.07) is 13.8. The molecule has 36 heavy (non-hydrogen) atoms. The van der Waals surface area contributed by atoms with Crippen molar-refractivity contribution in [3.8, 4) is 11.4 Å². The molecule has 1 saturated heterocycles. The van der Waals surface area contributed by atoms with Gasteiger partial charge in [0, 0.05) is 24.1 Å². The van der Waals surface area contributed by atoms with Crippen molar-refractivity contribution in [3.05, 3.63) is 48.5 Å². The highest BCUT2D eigenvalue weighted by atomic mass is 32.2. The minimum atomic E-state index is -3.74. The van der Waals surface area contributed by atoms with Gasteiger partial charge in [0.1, 0.15) is 11.9 Å². The molecule has 2 heterocycles. The highest BCUT2D eigenvalue weighted by Crippen LogP contribution is 2.27. The van der Waals surface area contributed by atoms with Crippen LogP contribution in [0.25, 0.3) is 22.4 Å². The summed E-state index contributed by atoms with van der Waals surface area (Å²) in [7, 11) is -3.74. The number of nitrogens with zero attached hydrogens (tertiary/aromatic N) is 1. The summed E-state index contributed by atoms with van der Waals surface area (Å²) >= 11 is 0. The van der Waals surface area contributed by atoms with E-state index in [9.17, 15) is 18.0 Å². The van der Waals surface area contributed by atoms with Gasteiger partial charge in [-0.1, -0.05) is 30.3 Å². The lowest BCUT2D eigenvalue weighted by Crippen LogP contribution is -2.48. The molecular formula is C26H31N5O4S. The maximum Gasteiger partial charge on any atom is 0.242 e. The van der Waals surface area contributed by atoms with Gasteiger partial charge >= 0.3 is 0 Å². The Hall–Kier alpha value is -3.24. The summed E-state index contributed by atoms with van der Waals surface area (Å²) in [6.07, 6.45) is 4.76. The SMILES string of the molecule is O=C1NCCCC[C@@H]1NC(=O)[C@H]1CC[C@H](NS(=O)(=O)c2ccc3[nH]c(-c4ccccc4)nc3c2)CC1. The van der Waals surface area contributed by atoms with E-state index in [2.05, 4.69) is 25.3 Å². The number of hydrogen-bond acceptors (Lipinski definition) is 5. The molecule has 10 heteroatoms. The van der Waals surface area contributed by atoms with Crippen LogP contribution in [0.1, 0.15) is 44.9 Å². The van der Waals surface area contributed by atoms with E-state index in [4.69, 9.17) is 0 Å². The van der Waals surface area contributed by atoms with Crippen molar-refractivity contribution in [1.82, 2.24) is 25.3 Å². The predicted molar refractivity (Wildman–Crippen MR) is 136 cm³/mol. The van der Waals surface area contributed by atoms with Gasteiger partial charge in [0.05, 0.1) is 15.9 Å². The number of fused-ring (bicyclic) bond motifs is 1. The Bertz CT molecular complexity index is 1350. The molecule has 1 aliphatic carbocycles. The monoisotopic (exact) mass is 509 g/mol. The molecule has 2 fully saturated rings. The highest BCUT2D eigenvalue weighted by molar-refractivity contribution is 7.89. The van der Waals surface area contributed by atoms with Gasteiger partial charge in [0.25, 0.3) is 0 Å². The lowest BCUT2D eigenvalue weighted by Gasteiger charge is -2.29. The van der Waals surface area contributed by atoms with Crippen LogP contribution in [0.3, 0.4) is 0 Å². The van der Waals surface area contributed by atoms with Crippen LogP contribution in [-0.2, 0) is 19.6 Å². The number of aromatic amines is 1. The first kappa shape index (κ1) is 24.5. The second-order valence-corrected chi connectivity index (χ2v) is 11.4. The van der Waals surface area contributed by atoms with E-state index in [1.54, 1.807) is 18.2 Å². The molecule has 0 unspecified atom stereocenters. The Morgan fingerprint density at radius 2 is 1.75 bits per heavy atom. The number of nitrogens with one attached hydrogen (secondary N) is 4. The Morgan fingerprint density at radius 3 is 2.53 bits per heavy atom. The third-order valence-corrected chi connectivity index (χ3v) is 8.60. The molecule has 0 spiro atoms. The number of H-pyrrole nitrogens is 1. The van der Waals surface area contributed by atoms with Crippen molar-refractivity contribution in [2.45, 2.75) is 61.9 Å². The molecule has 9 nitrogen and oxygen atoms in total. The molecule has 1 aromatic heterocycles. The van der Waals surface area contributed by atoms with E-state index < -0.39 is 16.1 Å². The van der Waals surface area contributed by atoms with Crippen LogP contribution in [0.5, 0.6) is 0 Å². The van der Waals surface area contributed by atoms with Crippen molar-refractivity contribution in [2.24, 2.45) is 5.92 Å². The van der Waals surface area contributed by atoms with E-state index in [0.717, 1.165) is 23.9 Å². The van der Waals surface area contributed by atoms with Crippen molar-refractivity contribution in [2.75, 3.05) is 6.54 Å². The number of imidazole rings is 1. The van der Waals surface area contributed by atoms with Gasteiger partial charge < -0.3 is 15.6 Å². The molecule has 190 valence electrons. The number of carbonyl (C=O) groups excluding carboxylic acids is 2. The Morgan fingerprint density at radius 1 is 0.972 bits per heavy atom. The quantitative estimate of drug-likeness (QED) is 0.406. The molecule has 3 aromatic rings. The summed E-state index contributed by atoms with van der Waals surface area (Å²) in [4.78, 5) is 32.8. The Balaban J connectivity index is 1.19. The van der Waals surface area contributed by atoms with Crippen LogP contribution in [0.4, 0.5) is 0 Å². The van der Waals surface area contributed by atoms with Crippen LogP contribution in [0.15, 0.2) is 53.4 Å². The van der Waals surface area contributed by atoms with Crippen molar-refractivity contribution in [1.29, 1.82) is 0 Å². The minimum absolute atomic E-state index is 0.114. The fraction of sp³-hybridized carbons (Fsp3) is 0.423. The zero-order chi connectivity index (χ0) is 25.1. The fourth-order valence-electron chi connectivity index (χ4n) is 5.01. The van der Waals surface area contributed by atoms with Crippen LogP contribution < -0.4 is 15.4 Å². The van der Waals surface area contributed by atoms with E-state index in [1.165, 1.54) is 0 Å². The van der Waals surface area contributed by atoms with Crippen molar-refractivity contribution in [3.63, 3.8) is 0 Å². The van der Waals surface area contributed by atoms with Gasteiger partial charge in [0.15, 0.2) is 0 Å². The molecule has 0 bridgehead atoms. The largest absolute Gasteiger partial charge is 0.354 e. The molecule has 2 amide bonds. The summed E-state index contributed by atoms with van der Waals surface area (Å²) in [6.45, 7) is 0.651. The van der Waals surface area contributed by atoms with Crippen LogP contribution in [-0.4, -0.2) is 48.8 Å². The standard InChI is InChI=1S/C26H31N5O4S/c32-25(30-22-8-4-5-15-27-26(22)33)18-9-11-19(12-10-18)31-36(34,35)20-13-14-21-23(16-20)29-24(28-21)17-6-2-1-3-7-17/h1-3,6-7,13-14,16,18-19,22,31H,4-5,8-12,15H2,(H,27,33)(H,28,29)(H,30,32)/t18-,19-,22-/m0/s1. The topological polar surface area (TPSA) is 133 Å². The molecule has 1 saturated carbocycles. The molecule has 4 N–H and O–H groups in total. The average molecular weight is 510 g/mol. The smallest absolute Gasteiger partial charge is 0.242 e. The Labute approximate surface area is 210 Å². The third-order valence-electron chi connectivity index (χ3n) is 7.08. The molecule has 1 aliphatic heterocycles. The third kappa shape index (κ3) is 5.44. The highest BCUT2D eigenvalue weighted by Gasteiger charge is 2.31. The van der Waals surface area contributed by atoms with Crippen LogP contribution in [0, 0.1) is 5.92 Å². The predicted octanol–water partition coefficient (Wildman–Crippen LogP) is 2.85. The normalized spacial score (nSPS) is 23.1. The summed E-state index contributed by atoms with van der Waals surface area (Å²) in [5, 5.41) is 5.73. The molecule has 0 radical (unpaired) electrons. The number of aromatic nitrogens is 2. The lowest BCUT2D eigenvalue weighted by molar-refractivity contribution is -0.131. The lowest BCUT2D eigenvalue weighted by atomic mass is 9.85. The first-order valence-electron chi connectivity index (χ1n) is 12.5. The molecule has 5 rings (SSSR count). The number of carbonyl (C=O) groups is 2. The minimum Gasteiger partial charge on any atom is -0.354 e. The number of sulfonamides is 1. The number of rotatable bonds is 6. The second-order valence-electron chi connectivity index (χ2n) is 9.65. The zero-order valence-electron chi connectivity index (χ0n) is 20.0. The van der Waals surface area contributed by atoms with Gasteiger partial charge in [-0.25, -0.2) is 18.1 Å². The van der Waals surface area contributed by atoms with Gasteiger partial charge in [-0.15, -0.1) is 0 Å². The Kier molecular flexibility index (Phi) is 7.06. The summed E-state index contributed by atoms with van der Waals surface area (Å²) in [5.74, 6) is 0.244. The maximum atomic E-state index is 13.1. The van der Waals surface area contributed by atoms with Gasteiger partial charge in [-0.2, -0.15) is 0 Å². The number of hydrogen-bond donors (Lipinski definition) is 4. The molecule has 2 aromatic carbocycles. The van der Waals surface area contributed by atoms with Crippen molar-refractivity contribution >= 4 is 32.9 Å². The molecular weight excluding hydrogens is 478 g/mol. The van der Waals surface area contributed by atoms with E-state index in [0.29, 0.717) is 50.0 Å². The summed E-state index contributed by atoms with van der Waals surface area (Å²) in [5.41, 5.74) is 2.28.